The molecule has 5 heteroatoms. The van der Waals surface area contributed by atoms with E-state index in [0.717, 1.165) is 25.3 Å². The van der Waals surface area contributed by atoms with E-state index in [-0.39, 0.29) is 0 Å². The van der Waals surface area contributed by atoms with E-state index in [0.29, 0.717) is 0 Å². The second-order valence-electron chi connectivity index (χ2n) is 3.54. The second kappa shape index (κ2) is 5.37. The Morgan fingerprint density at radius 1 is 1.44 bits per heavy atom. The molecular weight excluding hydrogens is 202 g/mol. The van der Waals surface area contributed by atoms with Gasteiger partial charge in [-0.05, 0) is 30.7 Å². The van der Waals surface area contributed by atoms with Crippen LogP contribution in [0.15, 0.2) is 31.0 Å². The number of hydrogen-bond donors (Lipinski definition) is 1. The van der Waals surface area contributed by atoms with E-state index in [1.807, 2.05) is 12.1 Å². The van der Waals surface area contributed by atoms with Gasteiger partial charge in [0.2, 0.25) is 0 Å². The lowest BCUT2D eigenvalue weighted by molar-refractivity contribution is 0.673. The summed E-state index contributed by atoms with van der Waals surface area (Å²) in [5.74, 6) is 0.799. The third-order valence-electron chi connectivity index (χ3n) is 2.22. The van der Waals surface area contributed by atoms with Crippen molar-refractivity contribution < 1.29 is 0 Å². The molecule has 0 aromatic carbocycles. The Bertz CT molecular complexity index is 424. The summed E-state index contributed by atoms with van der Waals surface area (Å²) in [7, 11) is 0. The fourth-order valence-corrected chi connectivity index (χ4v) is 1.43. The van der Waals surface area contributed by atoms with E-state index in [1.54, 1.807) is 17.2 Å². The second-order valence-corrected chi connectivity index (χ2v) is 3.54. The van der Waals surface area contributed by atoms with Crippen molar-refractivity contribution in [3.63, 3.8) is 0 Å². The molecule has 0 saturated heterocycles. The minimum absolute atomic E-state index is 0.799. The van der Waals surface area contributed by atoms with E-state index in [1.165, 1.54) is 11.9 Å². The summed E-state index contributed by atoms with van der Waals surface area (Å²) in [4.78, 5) is 8.14. The molecule has 2 aromatic rings. The third-order valence-corrected chi connectivity index (χ3v) is 2.22. The van der Waals surface area contributed by atoms with Crippen LogP contribution in [0.2, 0.25) is 0 Å². The molecule has 2 heterocycles. The van der Waals surface area contributed by atoms with Gasteiger partial charge in [-0.1, -0.05) is 6.92 Å². The van der Waals surface area contributed by atoms with Gasteiger partial charge in [-0.2, -0.15) is 5.10 Å². The van der Waals surface area contributed by atoms with Gasteiger partial charge < -0.3 is 5.32 Å². The number of rotatable bonds is 5. The monoisotopic (exact) mass is 217 g/mol. The molecule has 0 unspecified atom stereocenters. The summed E-state index contributed by atoms with van der Waals surface area (Å²) in [5.41, 5.74) is 1.20. The maximum Gasteiger partial charge on any atom is 0.155 e. The van der Waals surface area contributed by atoms with Crippen LogP contribution in [0.3, 0.4) is 0 Å². The normalized spacial score (nSPS) is 10.6. The Hall–Kier alpha value is -1.75. The van der Waals surface area contributed by atoms with Crippen LogP contribution in [0.4, 0.5) is 0 Å². The van der Waals surface area contributed by atoms with Crippen molar-refractivity contribution in [3.8, 4) is 5.82 Å². The van der Waals surface area contributed by atoms with E-state index in [9.17, 15) is 0 Å². The maximum absolute atomic E-state index is 4.24. The molecule has 0 saturated carbocycles. The highest BCUT2D eigenvalue weighted by Gasteiger charge is 1.99. The molecule has 0 aliphatic carbocycles. The smallest absolute Gasteiger partial charge is 0.155 e. The van der Waals surface area contributed by atoms with E-state index in [4.69, 9.17) is 0 Å². The van der Waals surface area contributed by atoms with Crippen LogP contribution in [0.5, 0.6) is 0 Å². The minimum atomic E-state index is 0.799. The molecule has 16 heavy (non-hydrogen) atoms. The van der Waals surface area contributed by atoms with Gasteiger partial charge in [-0.25, -0.2) is 14.6 Å². The fourth-order valence-electron chi connectivity index (χ4n) is 1.43. The lowest BCUT2D eigenvalue weighted by Gasteiger charge is -2.05. The van der Waals surface area contributed by atoms with Gasteiger partial charge in [0.1, 0.15) is 12.7 Å². The highest BCUT2D eigenvalue weighted by molar-refractivity contribution is 5.26. The molecule has 0 fully saturated rings. The van der Waals surface area contributed by atoms with E-state index >= 15 is 0 Å². The maximum atomic E-state index is 4.24. The molecule has 0 spiro atoms. The summed E-state index contributed by atoms with van der Waals surface area (Å²) in [6, 6.07) is 4.01. The van der Waals surface area contributed by atoms with Crippen molar-refractivity contribution in [2.24, 2.45) is 0 Å². The average Bonchev–Trinajstić information content (AvgIpc) is 2.83. The lowest BCUT2D eigenvalue weighted by atomic mass is 10.2. The zero-order chi connectivity index (χ0) is 11.2. The van der Waals surface area contributed by atoms with Crippen LogP contribution >= 0.6 is 0 Å². The van der Waals surface area contributed by atoms with Gasteiger partial charge in [-0.3, -0.25) is 0 Å². The Balaban J connectivity index is 2.08. The molecular formula is C11H15N5. The Kier molecular flexibility index (Phi) is 3.61. The first-order valence-electron chi connectivity index (χ1n) is 5.41. The van der Waals surface area contributed by atoms with Crippen molar-refractivity contribution in [1.82, 2.24) is 25.1 Å². The standard InChI is InChI=1S/C11H15N5/c1-2-4-12-7-10-3-5-14-11(6-10)16-9-13-8-15-16/h3,5-6,8-9,12H,2,4,7H2,1H3. The van der Waals surface area contributed by atoms with Crippen molar-refractivity contribution in [3.05, 3.63) is 36.5 Å². The summed E-state index contributed by atoms with van der Waals surface area (Å²) in [6.07, 6.45) is 6.08. The van der Waals surface area contributed by atoms with Gasteiger partial charge in [0, 0.05) is 12.7 Å². The van der Waals surface area contributed by atoms with Gasteiger partial charge in [0.05, 0.1) is 0 Å². The Labute approximate surface area is 94.5 Å². The van der Waals surface area contributed by atoms with Gasteiger partial charge in [0.25, 0.3) is 0 Å². The number of nitrogens with one attached hydrogen (secondary N) is 1. The molecule has 2 rings (SSSR count). The topological polar surface area (TPSA) is 55.6 Å². The highest BCUT2D eigenvalue weighted by atomic mass is 15.3. The molecule has 84 valence electrons. The summed E-state index contributed by atoms with van der Waals surface area (Å²) in [6.45, 7) is 4.04. The van der Waals surface area contributed by atoms with Gasteiger partial charge >= 0.3 is 0 Å². The summed E-state index contributed by atoms with van der Waals surface area (Å²) >= 11 is 0. The quantitative estimate of drug-likeness (QED) is 0.764. The molecule has 0 bridgehead atoms. The lowest BCUT2D eigenvalue weighted by Crippen LogP contribution is -2.14. The molecule has 0 atom stereocenters. The predicted octanol–water partition coefficient (Wildman–Crippen LogP) is 1.16. The first kappa shape index (κ1) is 10.8. The summed E-state index contributed by atoms with van der Waals surface area (Å²) in [5, 5.41) is 7.40. The van der Waals surface area contributed by atoms with Crippen molar-refractivity contribution in [1.29, 1.82) is 0 Å². The Morgan fingerprint density at radius 3 is 3.12 bits per heavy atom. The number of nitrogens with zero attached hydrogens (tertiary/aromatic N) is 4. The molecule has 5 nitrogen and oxygen atoms in total. The largest absolute Gasteiger partial charge is 0.313 e. The molecule has 0 amide bonds. The average molecular weight is 217 g/mol. The van der Waals surface area contributed by atoms with Crippen LogP contribution in [0, 0.1) is 0 Å². The third kappa shape index (κ3) is 2.64. The van der Waals surface area contributed by atoms with Crippen molar-refractivity contribution >= 4 is 0 Å². The Morgan fingerprint density at radius 2 is 2.38 bits per heavy atom. The van der Waals surface area contributed by atoms with Crippen LogP contribution in [-0.2, 0) is 6.54 Å². The summed E-state index contributed by atoms with van der Waals surface area (Å²) < 4.78 is 1.66. The first-order valence-corrected chi connectivity index (χ1v) is 5.41. The zero-order valence-electron chi connectivity index (χ0n) is 9.30. The van der Waals surface area contributed by atoms with Crippen molar-refractivity contribution in [2.45, 2.75) is 19.9 Å². The molecule has 1 N–H and O–H groups in total. The van der Waals surface area contributed by atoms with Crippen LogP contribution in [0.1, 0.15) is 18.9 Å². The minimum Gasteiger partial charge on any atom is -0.313 e. The number of hydrogen-bond acceptors (Lipinski definition) is 4. The van der Waals surface area contributed by atoms with Gasteiger partial charge in [-0.15, -0.1) is 0 Å². The van der Waals surface area contributed by atoms with E-state index < -0.39 is 0 Å². The number of pyridine rings is 1. The molecule has 0 aliphatic rings. The van der Waals surface area contributed by atoms with Gasteiger partial charge in [0.15, 0.2) is 5.82 Å². The van der Waals surface area contributed by atoms with Crippen LogP contribution in [-0.4, -0.2) is 26.3 Å². The van der Waals surface area contributed by atoms with E-state index in [2.05, 4.69) is 27.3 Å². The van der Waals surface area contributed by atoms with Crippen LogP contribution < -0.4 is 5.32 Å². The molecule has 2 aromatic heterocycles. The van der Waals surface area contributed by atoms with Crippen molar-refractivity contribution in [2.75, 3.05) is 6.54 Å². The fraction of sp³-hybridized carbons (Fsp3) is 0.364. The molecule has 0 aliphatic heterocycles. The highest BCUT2D eigenvalue weighted by Crippen LogP contribution is 2.05. The first-order chi connectivity index (χ1) is 7.90. The zero-order valence-corrected chi connectivity index (χ0v) is 9.30. The molecule has 0 radical (unpaired) electrons. The van der Waals surface area contributed by atoms with Crippen LogP contribution in [0.25, 0.3) is 5.82 Å². The SMILES string of the molecule is CCCNCc1ccnc(-n2cncn2)c1. The predicted molar refractivity (Wildman–Crippen MR) is 61.2 cm³/mol. The number of aromatic nitrogens is 4.